The number of hydrogen-bond acceptors (Lipinski definition) is 2. The molecule has 0 radical (unpaired) electrons. The average molecular weight is 785 g/mol. The standard InChI is InChI=1S/C57H44N4/c1-56(2,3)36-28-43-41-25-33-17-13-14-18-34(33)27-47(41)61-52(43)46(31-36)50-49-45-30-37(57(4,5)6)29-44-42-26-35-19-15-16-24-40(35)53(54(42)60(51(44)45)48(49)32-58-55(50)61)59(38-20-9-7-10-21-38)39-22-11-8-12-23-39/h7-32H,1-6H3. The van der Waals surface area contributed by atoms with E-state index < -0.39 is 0 Å². The van der Waals surface area contributed by atoms with Crippen LogP contribution in [-0.4, -0.2) is 13.8 Å². The van der Waals surface area contributed by atoms with Crippen molar-refractivity contribution in [2.24, 2.45) is 0 Å². The smallest absolute Gasteiger partial charge is 0.146 e. The van der Waals surface area contributed by atoms with E-state index >= 15 is 0 Å². The van der Waals surface area contributed by atoms with E-state index in [1.807, 2.05) is 0 Å². The fraction of sp³-hybridized carbons (Fsp3) is 0.140. The van der Waals surface area contributed by atoms with Crippen LogP contribution in [0.2, 0.25) is 0 Å². The maximum Gasteiger partial charge on any atom is 0.146 e. The fourth-order valence-electron chi connectivity index (χ4n) is 10.6. The van der Waals surface area contributed by atoms with Crippen LogP contribution in [0.15, 0.2) is 158 Å². The molecule has 4 heteroatoms. The summed E-state index contributed by atoms with van der Waals surface area (Å²) in [4.78, 5) is 8.04. The number of hydrogen-bond donors (Lipinski definition) is 0. The molecule has 0 unspecified atom stereocenters. The lowest BCUT2D eigenvalue weighted by molar-refractivity contribution is 0.591. The van der Waals surface area contributed by atoms with E-state index in [0.29, 0.717) is 0 Å². The molecule has 4 nitrogen and oxygen atoms in total. The lowest BCUT2D eigenvalue weighted by atomic mass is 9.84. The minimum atomic E-state index is -0.0835. The van der Waals surface area contributed by atoms with Crippen LogP contribution < -0.4 is 4.90 Å². The van der Waals surface area contributed by atoms with Gasteiger partial charge in [0.15, 0.2) is 0 Å². The minimum absolute atomic E-state index is 0.0563. The van der Waals surface area contributed by atoms with E-state index in [1.54, 1.807) is 0 Å². The summed E-state index contributed by atoms with van der Waals surface area (Å²) in [5.41, 5.74) is 13.0. The zero-order valence-corrected chi connectivity index (χ0v) is 35.3. The van der Waals surface area contributed by atoms with Gasteiger partial charge in [0.2, 0.25) is 0 Å². The van der Waals surface area contributed by atoms with Gasteiger partial charge in [-0.05, 0) is 105 Å². The summed E-state index contributed by atoms with van der Waals surface area (Å²) in [6.45, 7) is 14.1. The molecule has 5 aromatic heterocycles. The van der Waals surface area contributed by atoms with E-state index in [-0.39, 0.29) is 10.8 Å². The molecule has 0 saturated carbocycles. The highest BCUT2D eigenvalue weighted by Crippen LogP contribution is 2.52. The molecule has 0 amide bonds. The lowest BCUT2D eigenvalue weighted by Crippen LogP contribution is -2.11. The molecule has 0 spiro atoms. The second-order valence-electron chi connectivity index (χ2n) is 19.3. The highest BCUT2D eigenvalue weighted by molar-refractivity contribution is 6.36. The van der Waals surface area contributed by atoms with E-state index in [0.717, 1.165) is 22.5 Å². The van der Waals surface area contributed by atoms with Gasteiger partial charge in [-0.25, -0.2) is 4.98 Å². The summed E-state index contributed by atoms with van der Waals surface area (Å²) in [6.07, 6.45) is 2.17. The first-order valence-electron chi connectivity index (χ1n) is 21.6. The highest BCUT2D eigenvalue weighted by Gasteiger charge is 2.31. The number of anilines is 3. The molecular weight excluding hydrogens is 741 g/mol. The normalized spacial score (nSPS) is 13.1. The van der Waals surface area contributed by atoms with Crippen molar-refractivity contribution >= 4 is 115 Å². The van der Waals surface area contributed by atoms with Crippen LogP contribution in [0.1, 0.15) is 52.7 Å². The number of rotatable bonds is 3. The summed E-state index contributed by atoms with van der Waals surface area (Å²) < 4.78 is 5.04. The Bertz CT molecular complexity index is 3890. The van der Waals surface area contributed by atoms with Crippen LogP contribution in [0.5, 0.6) is 0 Å². The van der Waals surface area contributed by atoms with Crippen molar-refractivity contribution in [1.82, 2.24) is 13.8 Å². The van der Waals surface area contributed by atoms with Gasteiger partial charge in [0, 0.05) is 59.9 Å². The van der Waals surface area contributed by atoms with Crippen LogP contribution in [0, 0.1) is 0 Å². The van der Waals surface area contributed by atoms with Crippen LogP contribution in [0.3, 0.4) is 0 Å². The largest absolute Gasteiger partial charge is 0.308 e. The second-order valence-corrected chi connectivity index (χ2v) is 19.3. The van der Waals surface area contributed by atoms with Gasteiger partial charge < -0.3 is 9.30 Å². The summed E-state index contributed by atoms with van der Waals surface area (Å²) in [6, 6.07) is 56.5. The lowest BCUT2D eigenvalue weighted by Gasteiger charge is -2.28. The Morgan fingerprint density at radius 3 is 1.54 bits per heavy atom. The Balaban J connectivity index is 1.29. The van der Waals surface area contributed by atoms with Crippen molar-refractivity contribution in [3.8, 4) is 0 Å². The molecule has 292 valence electrons. The van der Waals surface area contributed by atoms with Crippen molar-refractivity contribution in [2.75, 3.05) is 4.90 Å². The number of nitrogens with zero attached hydrogens (tertiary/aromatic N) is 4. The monoisotopic (exact) mass is 784 g/mol. The topological polar surface area (TPSA) is 24.9 Å². The molecule has 61 heavy (non-hydrogen) atoms. The van der Waals surface area contributed by atoms with Gasteiger partial charge in [0.1, 0.15) is 5.65 Å². The van der Waals surface area contributed by atoms with Crippen molar-refractivity contribution in [3.05, 3.63) is 169 Å². The van der Waals surface area contributed by atoms with Crippen LogP contribution in [0.4, 0.5) is 17.1 Å². The number of benzene rings is 8. The third-order valence-corrected chi connectivity index (χ3v) is 13.6. The van der Waals surface area contributed by atoms with Gasteiger partial charge in [0.05, 0.1) is 39.5 Å². The second kappa shape index (κ2) is 11.8. The molecule has 0 atom stereocenters. The molecule has 0 aliphatic carbocycles. The van der Waals surface area contributed by atoms with Crippen molar-refractivity contribution in [3.63, 3.8) is 0 Å². The third-order valence-electron chi connectivity index (χ3n) is 13.6. The molecule has 0 aliphatic rings. The molecule has 8 aromatic carbocycles. The van der Waals surface area contributed by atoms with E-state index in [4.69, 9.17) is 4.98 Å². The van der Waals surface area contributed by atoms with Crippen molar-refractivity contribution < 1.29 is 0 Å². The van der Waals surface area contributed by atoms with E-state index in [9.17, 15) is 0 Å². The van der Waals surface area contributed by atoms with Crippen LogP contribution >= 0.6 is 0 Å². The Hall–Kier alpha value is -7.17. The molecule has 13 rings (SSSR count). The Morgan fingerprint density at radius 1 is 0.410 bits per heavy atom. The van der Waals surface area contributed by atoms with Gasteiger partial charge in [-0.2, -0.15) is 0 Å². The Kier molecular flexibility index (Phi) is 6.69. The molecule has 0 bridgehead atoms. The SMILES string of the molecule is CC(C)(C)c1cc2c3cc4ccccc4cc3n3c4ncc5c(c6cc(C(C)(C)C)cc7c8cc9ccccc9c(N(c9ccccc9)c9ccccc9)c8n5c76)c4c(c1)c23. The first-order valence-corrected chi connectivity index (χ1v) is 21.6. The van der Waals surface area contributed by atoms with Gasteiger partial charge in [-0.15, -0.1) is 0 Å². The Labute approximate surface area is 353 Å². The average Bonchev–Trinajstić information content (AvgIpc) is 3.98. The van der Waals surface area contributed by atoms with E-state index in [1.165, 1.54) is 104 Å². The maximum absolute atomic E-state index is 5.57. The zero-order chi connectivity index (χ0) is 41.1. The summed E-state index contributed by atoms with van der Waals surface area (Å²) in [5.74, 6) is 0. The number of aromatic nitrogens is 3. The van der Waals surface area contributed by atoms with E-state index in [2.05, 4.69) is 213 Å². The van der Waals surface area contributed by atoms with Crippen LogP contribution in [0.25, 0.3) is 97.9 Å². The molecule has 0 saturated heterocycles. The number of fused-ring (bicyclic) bond motifs is 15. The van der Waals surface area contributed by atoms with Gasteiger partial charge in [-0.3, -0.25) is 4.40 Å². The predicted octanol–water partition coefficient (Wildman–Crippen LogP) is 15.8. The quantitative estimate of drug-likeness (QED) is 0.178. The van der Waals surface area contributed by atoms with Gasteiger partial charge >= 0.3 is 0 Å². The predicted molar refractivity (Wildman–Crippen MR) is 261 cm³/mol. The summed E-state index contributed by atoms with van der Waals surface area (Å²) >= 11 is 0. The first kappa shape index (κ1) is 34.7. The number of para-hydroxylation sites is 2. The maximum atomic E-state index is 5.57. The molecule has 13 aromatic rings. The van der Waals surface area contributed by atoms with Crippen molar-refractivity contribution in [2.45, 2.75) is 52.4 Å². The van der Waals surface area contributed by atoms with Crippen molar-refractivity contribution in [1.29, 1.82) is 0 Å². The number of pyridine rings is 1. The fourth-order valence-corrected chi connectivity index (χ4v) is 10.6. The molecular formula is C57H44N4. The minimum Gasteiger partial charge on any atom is -0.308 e. The third kappa shape index (κ3) is 4.62. The molecule has 5 heterocycles. The summed E-state index contributed by atoms with van der Waals surface area (Å²) in [5, 5.41) is 15.1. The molecule has 0 fully saturated rings. The Morgan fingerprint density at radius 2 is 0.902 bits per heavy atom. The van der Waals surface area contributed by atoms with Gasteiger partial charge in [-0.1, -0.05) is 126 Å². The first-order chi connectivity index (χ1) is 29.5. The highest BCUT2D eigenvalue weighted by atomic mass is 15.2. The summed E-state index contributed by atoms with van der Waals surface area (Å²) in [7, 11) is 0. The zero-order valence-electron chi connectivity index (χ0n) is 35.3. The van der Waals surface area contributed by atoms with Crippen LogP contribution in [-0.2, 0) is 10.8 Å². The van der Waals surface area contributed by atoms with Gasteiger partial charge in [0.25, 0.3) is 0 Å². The molecule has 0 aliphatic heterocycles. The molecule has 0 N–H and O–H groups in total.